The summed E-state index contributed by atoms with van der Waals surface area (Å²) in [6.45, 7) is 0.836. The minimum Gasteiger partial charge on any atom is -0.501 e. The van der Waals surface area contributed by atoms with Crippen molar-refractivity contribution in [1.82, 2.24) is 29.6 Å². The Labute approximate surface area is 175 Å². The Hall–Kier alpha value is -4.09. The summed E-state index contributed by atoms with van der Waals surface area (Å²) in [5.41, 5.74) is -0.531. The van der Waals surface area contributed by atoms with Gasteiger partial charge in [0, 0.05) is 38.4 Å². The van der Waals surface area contributed by atoms with Crippen molar-refractivity contribution in [3.05, 3.63) is 58.6 Å². The molecule has 12 nitrogen and oxygen atoms in total. The van der Waals surface area contributed by atoms with E-state index in [2.05, 4.69) is 29.9 Å². The first-order chi connectivity index (χ1) is 15.0. The van der Waals surface area contributed by atoms with Gasteiger partial charge in [0.05, 0.1) is 11.8 Å². The van der Waals surface area contributed by atoms with E-state index < -0.39 is 22.9 Å². The molecule has 160 valence electrons. The van der Waals surface area contributed by atoms with Crippen LogP contribution < -0.4 is 10.9 Å². The van der Waals surface area contributed by atoms with Crippen LogP contribution in [0.5, 0.6) is 5.75 Å². The molecule has 0 aromatic carbocycles. The third-order valence-electron chi connectivity index (χ3n) is 5.09. The number of piperidine rings is 1. The molecule has 3 aromatic heterocycles. The Kier molecular flexibility index (Phi) is 5.43. The second-order valence-electron chi connectivity index (χ2n) is 7.12. The summed E-state index contributed by atoms with van der Waals surface area (Å²) in [6, 6.07) is 0. The second-order valence-corrected chi connectivity index (χ2v) is 7.12. The summed E-state index contributed by atoms with van der Waals surface area (Å²) < 4.78 is 5.86. The zero-order valence-electron chi connectivity index (χ0n) is 16.6. The number of carbonyl (C=O) groups excluding carboxylic acids is 2. The molecule has 0 saturated carbocycles. The van der Waals surface area contributed by atoms with Crippen molar-refractivity contribution in [2.75, 3.05) is 18.4 Å². The summed E-state index contributed by atoms with van der Waals surface area (Å²) in [4.78, 5) is 51.6. The van der Waals surface area contributed by atoms with E-state index in [1.165, 1.54) is 42.8 Å². The molecular formula is C19H19N7O5. The third kappa shape index (κ3) is 3.99. The Morgan fingerprint density at radius 1 is 1.26 bits per heavy atom. The van der Waals surface area contributed by atoms with Crippen LogP contribution in [0.15, 0.2) is 40.5 Å². The molecule has 31 heavy (non-hydrogen) atoms. The van der Waals surface area contributed by atoms with E-state index in [0.29, 0.717) is 37.3 Å². The van der Waals surface area contributed by atoms with E-state index in [4.69, 9.17) is 0 Å². The first-order valence-corrected chi connectivity index (χ1v) is 9.50. The zero-order chi connectivity index (χ0) is 22.0. The number of likely N-dealkylation sites (tertiary alicyclic amines) is 1. The van der Waals surface area contributed by atoms with Gasteiger partial charge in [-0.3, -0.25) is 19.0 Å². The topological polar surface area (TPSA) is 156 Å². The SMILES string of the molecule is Cn1c(C2CCCN(C(=O)c3cncnc3)C2)nc(C(=O)Nc2cnoc2)c(O)c1=O. The van der Waals surface area contributed by atoms with Gasteiger partial charge < -0.3 is 19.8 Å². The van der Waals surface area contributed by atoms with Crippen molar-refractivity contribution in [2.24, 2.45) is 7.05 Å². The van der Waals surface area contributed by atoms with E-state index in [9.17, 15) is 19.5 Å². The molecule has 1 atom stereocenters. The van der Waals surface area contributed by atoms with Gasteiger partial charge in [0.15, 0.2) is 5.69 Å². The van der Waals surface area contributed by atoms with Crippen LogP contribution in [-0.4, -0.2) is 59.6 Å². The predicted octanol–water partition coefficient (Wildman–Crippen LogP) is 0.536. The number of aromatic nitrogens is 5. The maximum Gasteiger partial charge on any atom is 0.296 e. The number of hydrogen-bond acceptors (Lipinski definition) is 9. The van der Waals surface area contributed by atoms with Gasteiger partial charge in [0.25, 0.3) is 17.4 Å². The van der Waals surface area contributed by atoms with Gasteiger partial charge in [-0.15, -0.1) is 0 Å². The highest BCUT2D eigenvalue weighted by Crippen LogP contribution is 2.27. The number of carbonyl (C=O) groups is 2. The summed E-state index contributed by atoms with van der Waals surface area (Å²) in [5, 5.41) is 16.2. The van der Waals surface area contributed by atoms with Crippen molar-refractivity contribution >= 4 is 17.5 Å². The molecule has 4 heterocycles. The summed E-state index contributed by atoms with van der Waals surface area (Å²) in [7, 11) is 1.47. The van der Waals surface area contributed by atoms with Crippen molar-refractivity contribution < 1.29 is 19.2 Å². The van der Waals surface area contributed by atoms with Gasteiger partial charge in [-0.05, 0) is 12.8 Å². The number of nitrogens with zero attached hydrogens (tertiary/aromatic N) is 6. The molecule has 0 bridgehead atoms. The molecule has 12 heteroatoms. The standard InChI is InChI=1S/C19H19N7O5/c1-25-16(11-3-2-4-26(8-11)18(29)12-5-20-10-21-6-12)24-14(15(27)19(25)30)17(28)23-13-7-22-31-9-13/h5-7,9-11,27H,2-4,8H2,1H3,(H,23,28). The lowest BCUT2D eigenvalue weighted by atomic mass is 9.96. The predicted molar refractivity (Wildman–Crippen MR) is 106 cm³/mol. The molecule has 1 aliphatic rings. The number of amides is 2. The minimum atomic E-state index is -0.773. The highest BCUT2D eigenvalue weighted by molar-refractivity contribution is 6.04. The Morgan fingerprint density at radius 2 is 2.03 bits per heavy atom. The quantitative estimate of drug-likeness (QED) is 0.609. The molecule has 1 unspecified atom stereocenters. The maximum absolute atomic E-state index is 12.8. The second kappa shape index (κ2) is 8.34. The van der Waals surface area contributed by atoms with Crippen LogP contribution in [0.2, 0.25) is 0 Å². The first kappa shape index (κ1) is 20.2. The molecule has 0 aliphatic carbocycles. The lowest BCUT2D eigenvalue weighted by molar-refractivity contribution is 0.0701. The average molecular weight is 425 g/mol. The van der Waals surface area contributed by atoms with Gasteiger partial charge in [-0.25, -0.2) is 15.0 Å². The molecule has 1 aliphatic heterocycles. The molecule has 2 amide bonds. The summed E-state index contributed by atoms with van der Waals surface area (Å²) >= 11 is 0. The fourth-order valence-corrected chi connectivity index (χ4v) is 3.55. The smallest absolute Gasteiger partial charge is 0.296 e. The van der Waals surface area contributed by atoms with E-state index >= 15 is 0 Å². The maximum atomic E-state index is 12.8. The number of nitrogens with one attached hydrogen (secondary N) is 1. The van der Waals surface area contributed by atoms with Gasteiger partial charge in [0.1, 0.15) is 24.1 Å². The van der Waals surface area contributed by atoms with Crippen molar-refractivity contribution in [1.29, 1.82) is 0 Å². The van der Waals surface area contributed by atoms with Gasteiger partial charge in [0.2, 0.25) is 5.75 Å². The molecule has 0 radical (unpaired) electrons. The normalized spacial score (nSPS) is 16.2. The van der Waals surface area contributed by atoms with Crippen molar-refractivity contribution in [2.45, 2.75) is 18.8 Å². The fraction of sp³-hybridized carbons (Fsp3) is 0.316. The largest absolute Gasteiger partial charge is 0.501 e. The summed E-state index contributed by atoms with van der Waals surface area (Å²) in [5.74, 6) is -1.75. The fourth-order valence-electron chi connectivity index (χ4n) is 3.55. The Morgan fingerprint density at radius 3 is 2.74 bits per heavy atom. The van der Waals surface area contributed by atoms with E-state index in [-0.39, 0.29) is 17.5 Å². The van der Waals surface area contributed by atoms with E-state index in [0.717, 1.165) is 0 Å². The third-order valence-corrected chi connectivity index (χ3v) is 5.09. The van der Waals surface area contributed by atoms with Gasteiger partial charge in [-0.1, -0.05) is 5.16 Å². The van der Waals surface area contributed by atoms with Gasteiger partial charge >= 0.3 is 0 Å². The van der Waals surface area contributed by atoms with E-state index in [1.54, 1.807) is 4.90 Å². The highest BCUT2D eigenvalue weighted by atomic mass is 16.5. The molecule has 2 N–H and O–H groups in total. The van der Waals surface area contributed by atoms with Crippen LogP contribution in [0.3, 0.4) is 0 Å². The van der Waals surface area contributed by atoms with E-state index in [1.807, 2.05) is 0 Å². The number of rotatable bonds is 4. The Bertz CT molecular complexity index is 1160. The van der Waals surface area contributed by atoms with Crippen LogP contribution in [0.4, 0.5) is 5.69 Å². The average Bonchev–Trinajstić information content (AvgIpc) is 3.31. The molecular weight excluding hydrogens is 406 g/mol. The minimum absolute atomic E-state index is 0.223. The number of hydrogen-bond donors (Lipinski definition) is 2. The van der Waals surface area contributed by atoms with Crippen LogP contribution in [-0.2, 0) is 7.05 Å². The Balaban J connectivity index is 1.62. The van der Waals surface area contributed by atoms with Crippen molar-refractivity contribution in [3.8, 4) is 5.75 Å². The lowest BCUT2D eigenvalue weighted by Gasteiger charge is -2.33. The molecule has 1 fully saturated rings. The van der Waals surface area contributed by atoms with Gasteiger partial charge in [-0.2, -0.15) is 0 Å². The number of anilines is 1. The first-order valence-electron chi connectivity index (χ1n) is 9.50. The molecule has 1 saturated heterocycles. The zero-order valence-corrected chi connectivity index (χ0v) is 16.6. The van der Waals surface area contributed by atoms with Crippen LogP contribution in [0, 0.1) is 0 Å². The van der Waals surface area contributed by atoms with Crippen LogP contribution in [0.1, 0.15) is 45.4 Å². The molecule has 0 spiro atoms. The highest BCUT2D eigenvalue weighted by Gasteiger charge is 2.30. The van der Waals surface area contributed by atoms with Crippen LogP contribution in [0.25, 0.3) is 0 Å². The monoisotopic (exact) mass is 425 g/mol. The lowest BCUT2D eigenvalue weighted by Crippen LogP contribution is -2.41. The van der Waals surface area contributed by atoms with Crippen LogP contribution >= 0.6 is 0 Å². The molecule has 4 rings (SSSR count). The number of aromatic hydroxyl groups is 1. The molecule has 3 aromatic rings. The summed E-state index contributed by atoms with van der Waals surface area (Å²) in [6.07, 6.45) is 8.05. The van der Waals surface area contributed by atoms with Crippen molar-refractivity contribution in [3.63, 3.8) is 0 Å².